The van der Waals surface area contributed by atoms with Crippen molar-refractivity contribution in [3.05, 3.63) is 92.5 Å². The van der Waals surface area contributed by atoms with E-state index in [2.05, 4.69) is 25.7 Å². The summed E-state index contributed by atoms with van der Waals surface area (Å²) >= 11 is 0. The van der Waals surface area contributed by atoms with Crippen LogP contribution in [0.2, 0.25) is 0 Å². The summed E-state index contributed by atoms with van der Waals surface area (Å²) in [6.07, 6.45) is 0. The highest BCUT2D eigenvalue weighted by atomic mass is 16.6. The van der Waals surface area contributed by atoms with Crippen molar-refractivity contribution in [1.29, 1.82) is 0 Å². The third-order valence-corrected chi connectivity index (χ3v) is 4.92. The van der Waals surface area contributed by atoms with E-state index in [9.17, 15) is 25.3 Å². The number of fused-ring (bicyclic) bond motifs is 1. The number of hydrazone groups is 1. The maximum Gasteiger partial charge on any atom is 0.304 e. The Kier molecular flexibility index (Phi) is 6.39. The summed E-state index contributed by atoms with van der Waals surface area (Å²) in [6.45, 7) is 1.99. The molecule has 0 aliphatic heterocycles. The number of non-ortho nitro benzene ring substituents is 1. The number of amidine groups is 1. The molecule has 0 aliphatic carbocycles. The molecular weight excluding hydrogens is 456 g/mol. The fourth-order valence-electron chi connectivity index (χ4n) is 3.30. The standard InChI is InChI=1S/C22H18N8O5/c1-14(24-26-21-19(30(34)35)11-16(29(32)33)12-20(21)31)25-27-22-23-17-9-5-6-10-18(17)28(22)13-15-7-3-2-4-8-15/h2-12,26,31H,13H2,1H3. The van der Waals surface area contributed by atoms with Crippen LogP contribution in [0.15, 0.2) is 82.1 Å². The topological polar surface area (TPSA) is 173 Å². The lowest BCUT2D eigenvalue weighted by molar-refractivity contribution is -0.393. The smallest absolute Gasteiger partial charge is 0.304 e. The first-order valence-corrected chi connectivity index (χ1v) is 10.2. The zero-order valence-electron chi connectivity index (χ0n) is 18.3. The van der Waals surface area contributed by atoms with Crippen molar-refractivity contribution >= 4 is 39.9 Å². The van der Waals surface area contributed by atoms with Crippen LogP contribution in [0.3, 0.4) is 0 Å². The number of nitrogens with zero attached hydrogens (tertiary/aromatic N) is 7. The number of azo groups is 1. The quantitative estimate of drug-likeness (QED) is 0.0931. The van der Waals surface area contributed by atoms with E-state index in [4.69, 9.17) is 0 Å². The molecule has 13 heteroatoms. The molecular formula is C22H18N8O5. The van der Waals surface area contributed by atoms with E-state index < -0.39 is 32.7 Å². The van der Waals surface area contributed by atoms with Crippen LogP contribution in [0, 0.1) is 20.2 Å². The number of anilines is 1. The van der Waals surface area contributed by atoms with Crippen molar-refractivity contribution < 1.29 is 15.0 Å². The van der Waals surface area contributed by atoms with Crippen LogP contribution >= 0.6 is 0 Å². The molecule has 0 radical (unpaired) electrons. The molecule has 0 bridgehead atoms. The summed E-state index contributed by atoms with van der Waals surface area (Å²) in [6, 6.07) is 18.8. The predicted octanol–water partition coefficient (Wildman–Crippen LogP) is 5.14. The Morgan fingerprint density at radius 1 is 1.06 bits per heavy atom. The molecule has 13 nitrogen and oxygen atoms in total. The number of aromatic hydroxyl groups is 1. The molecule has 1 heterocycles. The molecule has 2 N–H and O–H groups in total. The van der Waals surface area contributed by atoms with Crippen LogP contribution in [0.4, 0.5) is 23.0 Å². The van der Waals surface area contributed by atoms with E-state index in [0.29, 0.717) is 12.5 Å². The summed E-state index contributed by atoms with van der Waals surface area (Å²) in [4.78, 5) is 25.0. The molecule has 0 aliphatic rings. The van der Waals surface area contributed by atoms with Gasteiger partial charge in [-0.2, -0.15) is 5.10 Å². The minimum Gasteiger partial charge on any atom is -0.505 e. The fraction of sp³-hybridized carbons (Fsp3) is 0.0909. The van der Waals surface area contributed by atoms with Crippen molar-refractivity contribution in [1.82, 2.24) is 9.55 Å². The number of phenolic OH excluding ortho intramolecular Hbond substituents is 1. The maximum atomic E-state index is 11.3. The number of nitrogens with one attached hydrogen (secondary N) is 1. The van der Waals surface area contributed by atoms with Crippen LogP contribution in [0.5, 0.6) is 5.75 Å². The van der Waals surface area contributed by atoms with E-state index in [1.807, 2.05) is 59.2 Å². The number of imidazole rings is 1. The number of phenols is 1. The van der Waals surface area contributed by atoms with Gasteiger partial charge in [-0.15, -0.1) is 10.2 Å². The van der Waals surface area contributed by atoms with Gasteiger partial charge in [0.2, 0.25) is 0 Å². The molecule has 0 unspecified atom stereocenters. The number of nitro benzene ring substituents is 2. The molecule has 176 valence electrons. The Bertz CT molecular complexity index is 1480. The van der Waals surface area contributed by atoms with Gasteiger partial charge in [0.1, 0.15) is 0 Å². The largest absolute Gasteiger partial charge is 0.505 e. The van der Waals surface area contributed by atoms with E-state index in [0.717, 1.165) is 28.7 Å². The van der Waals surface area contributed by atoms with Crippen LogP contribution in [0.25, 0.3) is 11.0 Å². The van der Waals surface area contributed by atoms with Crippen LogP contribution < -0.4 is 5.43 Å². The van der Waals surface area contributed by atoms with E-state index >= 15 is 0 Å². The lowest BCUT2D eigenvalue weighted by atomic mass is 10.2. The van der Waals surface area contributed by atoms with Crippen molar-refractivity contribution in [2.75, 3.05) is 5.43 Å². The normalized spacial score (nSPS) is 11.7. The van der Waals surface area contributed by atoms with Gasteiger partial charge in [-0.1, -0.05) is 42.5 Å². The third-order valence-electron chi connectivity index (χ3n) is 4.92. The maximum absolute atomic E-state index is 11.3. The lowest BCUT2D eigenvalue weighted by Crippen LogP contribution is -2.01. The number of aromatic nitrogens is 2. The van der Waals surface area contributed by atoms with Crippen LogP contribution in [0.1, 0.15) is 12.5 Å². The van der Waals surface area contributed by atoms with Crippen molar-refractivity contribution in [3.8, 4) is 5.75 Å². The highest BCUT2D eigenvalue weighted by Crippen LogP contribution is 2.37. The van der Waals surface area contributed by atoms with E-state index in [1.165, 1.54) is 6.92 Å². The molecule has 0 atom stereocenters. The number of nitro groups is 2. The van der Waals surface area contributed by atoms with Crippen LogP contribution in [-0.4, -0.2) is 30.3 Å². The fourth-order valence-corrected chi connectivity index (χ4v) is 3.30. The number of benzene rings is 3. The Labute approximate surface area is 197 Å². The van der Waals surface area contributed by atoms with Crippen molar-refractivity contribution in [2.45, 2.75) is 13.5 Å². The summed E-state index contributed by atoms with van der Waals surface area (Å²) in [5.41, 5.74) is 3.23. The first-order valence-electron chi connectivity index (χ1n) is 10.2. The van der Waals surface area contributed by atoms with Gasteiger partial charge in [0.25, 0.3) is 11.6 Å². The SMILES string of the molecule is CC(N=Nc1nc2ccccc2n1Cc1ccccc1)=NNc1c(O)cc([N+](=O)[O-])cc1[N+](=O)[O-]. The van der Waals surface area contributed by atoms with Crippen molar-refractivity contribution in [3.63, 3.8) is 0 Å². The van der Waals surface area contributed by atoms with Gasteiger partial charge in [-0.3, -0.25) is 25.7 Å². The summed E-state index contributed by atoms with van der Waals surface area (Å²) in [7, 11) is 0. The van der Waals surface area contributed by atoms with Gasteiger partial charge in [-0.05, 0) is 24.6 Å². The first kappa shape index (κ1) is 23.0. The molecule has 4 rings (SSSR count). The van der Waals surface area contributed by atoms with Crippen LogP contribution in [-0.2, 0) is 6.54 Å². The molecule has 35 heavy (non-hydrogen) atoms. The zero-order chi connectivity index (χ0) is 24.9. The highest BCUT2D eigenvalue weighted by Gasteiger charge is 2.24. The summed E-state index contributed by atoms with van der Waals surface area (Å²) in [5.74, 6) is -0.312. The lowest BCUT2D eigenvalue weighted by Gasteiger charge is -2.06. The summed E-state index contributed by atoms with van der Waals surface area (Å²) < 4.78 is 1.89. The summed E-state index contributed by atoms with van der Waals surface area (Å²) in [5, 5.41) is 44.4. The van der Waals surface area contributed by atoms with E-state index in [-0.39, 0.29) is 5.84 Å². The molecule has 0 saturated carbocycles. The molecule has 0 saturated heterocycles. The highest BCUT2D eigenvalue weighted by molar-refractivity contribution is 5.83. The zero-order valence-corrected chi connectivity index (χ0v) is 18.3. The predicted molar refractivity (Wildman–Crippen MR) is 128 cm³/mol. The average molecular weight is 474 g/mol. The minimum absolute atomic E-state index is 0.0652. The molecule has 0 fully saturated rings. The third kappa shape index (κ3) is 5.08. The monoisotopic (exact) mass is 474 g/mol. The molecule has 4 aromatic rings. The molecule has 0 spiro atoms. The van der Waals surface area contributed by atoms with Crippen molar-refractivity contribution in [2.24, 2.45) is 15.3 Å². The number of para-hydroxylation sites is 2. The molecule has 3 aromatic carbocycles. The number of hydrogen-bond acceptors (Lipinski definition) is 9. The molecule has 0 amide bonds. The van der Waals surface area contributed by atoms with E-state index in [1.54, 1.807) is 0 Å². The van der Waals surface area contributed by atoms with Gasteiger partial charge < -0.3 is 9.67 Å². The molecule has 1 aromatic heterocycles. The first-order chi connectivity index (χ1) is 16.8. The number of rotatable bonds is 7. The van der Waals surface area contributed by atoms with Gasteiger partial charge in [0, 0.05) is 0 Å². The van der Waals surface area contributed by atoms with Gasteiger partial charge in [-0.25, -0.2) is 4.98 Å². The van der Waals surface area contributed by atoms with Gasteiger partial charge in [0.15, 0.2) is 17.3 Å². The Morgan fingerprint density at radius 3 is 2.49 bits per heavy atom. The second-order valence-corrected chi connectivity index (χ2v) is 7.32. The number of hydrogen-bond donors (Lipinski definition) is 2. The van der Waals surface area contributed by atoms with Gasteiger partial charge >= 0.3 is 5.69 Å². The Morgan fingerprint density at radius 2 is 1.77 bits per heavy atom. The average Bonchev–Trinajstić information content (AvgIpc) is 3.19. The van der Waals surface area contributed by atoms with Gasteiger partial charge in [0.05, 0.1) is 39.6 Å². The minimum atomic E-state index is -0.868. The Hall–Kier alpha value is -5.20. The second-order valence-electron chi connectivity index (χ2n) is 7.32. The Balaban J connectivity index is 1.62. The second kappa shape index (κ2) is 9.74.